The molecular weight excluding hydrogens is 378 g/mol. The van der Waals surface area contributed by atoms with Crippen molar-refractivity contribution in [1.29, 1.82) is 0 Å². The molecule has 0 aliphatic carbocycles. The minimum absolute atomic E-state index is 0.177. The number of anilines is 1. The van der Waals surface area contributed by atoms with Crippen molar-refractivity contribution in [2.45, 2.75) is 72.5 Å². The number of esters is 1. The van der Waals surface area contributed by atoms with Crippen molar-refractivity contribution in [3.63, 3.8) is 0 Å². The van der Waals surface area contributed by atoms with Gasteiger partial charge in [0.1, 0.15) is 5.75 Å². The van der Waals surface area contributed by atoms with Crippen molar-refractivity contribution in [2.75, 3.05) is 5.32 Å². The zero-order valence-electron chi connectivity index (χ0n) is 19.0. The molecule has 5 nitrogen and oxygen atoms in total. The van der Waals surface area contributed by atoms with Crippen LogP contribution in [0.4, 0.5) is 5.69 Å². The maximum absolute atomic E-state index is 12.9. The summed E-state index contributed by atoms with van der Waals surface area (Å²) in [5, 5.41) is 3.10. The quantitative estimate of drug-likeness (QED) is 0.549. The fourth-order valence-corrected chi connectivity index (χ4v) is 3.15. The summed E-state index contributed by atoms with van der Waals surface area (Å²) in [5.74, 6) is 0.496. The van der Waals surface area contributed by atoms with Gasteiger partial charge in [0, 0.05) is 11.3 Å². The van der Waals surface area contributed by atoms with Gasteiger partial charge in [0.05, 0.1) is 6.10 Å². The zero-order chi connectivity index (χ0) is 22.4. The monoisotopic (exact) mass is 411 g/mol. The number of amides is 1. The first-order valence-corrected chi connectivity index (χ1v) is 10.5. The largest absolute Gasteiger partial charge is 0.479 e. The first-order chi connectivity index (χ1) is 14.1. The zero-order valence-corrected chi connectivity index (χ0v) is 19.0. The Kier molecular flexibility index (Phi) is 8.04. The molecule has 5 heteroatoms. The van der Waals surface area contributed by atoms with Crippen LogP contribution in [0.3, 0.4) is 0 Å². The smallest absolute Gasteiger partial charge is 0.347 e. The molecule has 0 fully saturated rings. The summed E-state index contributed by atoms with van der Waals surface area (Å²) in [6.07, 6.45) is -0.919. The maximum atomic E-state index is 12.9. The van der Waals surface area contributed by atoms with Crippen LogP contribution < -0.4 is 10.1 Å². The van der Waals surface area contributed by atoms with Crippen LogP contribution in [-0.4, -0.2) is 24.1 Å². The number of para-hydroxylation sites is 1. The Bertz CT molecular complexity index is 843. The van der Waals surface area contributed by atoms with Gasteiger partial charge in [-0.2, -0.15) is 0 Å². The highest BCUT2D eigenvalue weighted by Crippen LogP contribution is 2.32. The van der Waals surface area contributed by atoms with Crippen LogP contribution in [0.25, 0.3) is 0 Å². The molecule has 30 heavy (non-hydrogen) atoms. The summed E-state index contributed by atoms with van der Waals surface area (Å²) >= 11 is 0. The molecule has 0 saturated carbocycles. The van der Waals surface area contributed by atoms with Gasteiger partial charge in [-0.05, 0) is 68.0 Å². The molecule has 0 unspecified atom stereocenters. The van der Waals surface area contributed by atoms with Crippen molar-refractivity contribution in [2.24, 2.45) is 0 Å². The number of hydrogen-bond acceptors (Lipinski definition) is 4. The molecule has 0 bridgehead atoms. The average Bonchev–Trinajstić information content (AvgIpc) is 2.67. The Labute approximate surface area is 179 Å². The van der Waals surface area contributed by atoms with E-state index in [0.29, 0.717) is 23.1 Å². The molecule has 0 aliphatic heterocycles. The minimum atomic E-state index is -0.724. The van der Waals surface area contributed by atoms with Crippen LogP contribution in [0.15, 0.2) is 42.5 Å². The molecule has 1 atom stereocenters. The fourth-order valence-electron chi connectivity index (χ4n) is 3.15. The predicted molar refractivity (Wildman–Crippen MR) is 120 cm³/mol. The van der Waals surface area contributed by atoms with Gasteiger partial charge in [0.25, 0.3) is 5.91 Å². The molecule has 2 aromatic carbocycles. The molecule has 0 heterocycles. The lowest BCUT2D eigenvalue weighted by Crippen LogP contribution is -2.28. The van der Waals surface area contributed by atoms with Gasteiger partial charge in [-0.15, -0.1) is 0 Å². The van der Waals surface area contributed by atoms with E-state index < -0.39 is 12.1 Å². The van der Waals surface area contributed by atoms with E-state index in [1.165, 1.54) is 0 Å². The number of hydrogen-bond donors (Lipinski definition) is 1. The normalized spacial score (nSPS) is 12.2. The summed E-state index contributed by atoms with van der Waals surface area (Å²) in [6.45, 7) is 13.7. The second kappa shape index (κ2) is 10.3. The van der Waals surface area contributed by atoms with E-state index in [4.69, 9.17) is 9.47 Å². The SMILES string of the molecule is CC(C)OC(=O)[C@@H](C)Oc1ccc(C(=O)Nc2c(C(C)C)cccc2C(C)C)cc1. The van der Waals surface area contributed by atoms with Crippen LogP contribution >= 0.6 is 0 Å². The van der Waals surface area contributed by atoms with Crippen molar-refractivity contribution in [3.8, 4) is 5.75 Å². The second-order valence-corrected chi connectivity index (χ2v) is 8.35. The van der Waals surface area contributed by atoms with Crippen LogP contribution in [-0.2, 0) is 9.53 Å². The second-order valence-electron chi connectivity index (χ2n) is 8.35. The number of carbonyl (C=O) groups excluding carboxylic acids is 2. The molecule has 2 aromatic rings. The number of nitrogens with one attached hydrogen (secondary N) is 1. The van der Waals surface area contributed by atoms with E-state index in [9.17, 15) is 9.59 Å². The minimum Gasteiger partial charge on any atom is -0.479 e. The van der Waals surface area contributed by atoms with E-state index >= 15 is 0 Å². The van der Waals surface area contributed by atoms with Crippen molar-refractivity contribution in [3.05, 3.63) is 59.2 Å². The molecule has 162 valence electrons. The Morgan fingerprint density at radius 2 is 1.33 bits per heavy atom. The third-order valence-corrected chi connectivity index (χ3v) is 4.72. The molecule has 1 N–H and O–H groups in total. The topological polar surface area (TPSA) is 64.6 Å². The Morgan fingerprint density at radius 1 is 0.800 bits per heavy atom. The summed E-state index contributed by atoms with van der Waals surface area (Å²) < 4.78 is 10.8. The molecule has 0 aliphatic rings. The van der Waals surface area contributed by atoms with Gasteiger partial charge in [0.2, 0.25) is 0 Å². The van der Waals surface area contributed by atoms with E-state index in [1.807, 2.05) is 6.07 Å². The van der Waals surface area contributed by atoms with Crippen LogP contribution in [0.2, 0.25) is 0 Å². The van der Waals surface area contributed by atoms with Gasteiger partial charge in [0.15, 0.2) is 6.10 Å². The van der Waals surface area contributed by atoms with E-state index in [2.05, 4.69) is 45.1 Å². The average molecular weight is 412 g/mol. The summed E-state index contributed by atoms with van der Waals surface area (Å²) in [7, 11) is 0. The Balaban J connectivity index is 2.15. The fraction of sp³-hybridized carbons (Fsp3) is 0.440. The lowest BCUT2D eigenvalue weighted by Gasteiger charge is -2.20. The molecule has 0 spiro atoms. The molecule has 0 saturated heterocycles. The number of carbonyl (C=O) groups is 2. The van der Waals surface area contributed by atoms with E-state index in [-0.39, 0.29) is 12.0 Å². The first-order valence-electron chi connectivity index (χ1n) is 10.5. The van der Waals surface area contributed by atoms with Gasteiger partial charge < -0.3 is 14.8 Å². The van der Waals surface area contributed by atoms with Crippen LogP contribution in [0.1, 0.15) is 81.8 Å². The molecule has 1 amide bonds. The molecule has 0 radical (unpaired) electrons. The number of rotatable bonds is 8. The highest BCUT2D eigenvalue weighted by molar-refractivity contribution is 6.05. The highest BCUT2D eigenvalue weighted by atomic mass is 16.6. The van der Waals surface area contributed by atoms with Crippen molar-refractivity contribution in [1.82, 2.24) is 0 Å². The van der Waals surface area contributed by atoms with Crippen LogP contribution in [0, 0.1) is 0 Å². The van der Waals surface area contributed by atoms with Gasteiger partial charge in [-0.1, -0.05) is 45.9 Å². The van der Waals surface area contributed by atoms with Crippen molar-refractivity contribution >= 4 is 17.6 Å². The number of ether oxygens (including phenoxy) is 2. The Morgan fingerprint density at radius 3 is 1.80 bits per heavy atom. The lowest BCUT2D eigenvalue weighted by molar-refractivity contribution is -0.154. The summed E-state index contributed by atoms with van der Waals surface area (Å²) in [6, 6.07) is 12.9. The predicted octanol–water partition coefficient (Wildman–Crippen LogP) is 5.90. The van der Waals surface area contributed by atoms with Gasteiger partial charge in [-0.3, -0.25) is 4.79 Å². The molecule has 0 aromatic heterocycles. The van der Waals surface area contributed by atoms with Gasteiger partial charge >= 0.3 is 5.97 Å². The highest BCUT2D eigenvalue weighted by Gasteiger charge is 2.19. The third kappa shape index (κ3) is 6.09. The summed E-state index contributed by atoms with van der Waals surface area (Å²) in [5.41, 5.74) is 3.64. The van der Waals surface area contributed by atoms with E-state index in [1.54, 1.807) is 45.0 Å². The van der Waals surface area contributed by atoms with E-state index in [0.717, 1.165) is 16.8 Å². The Hall–Kier alpha value is -2.82. The van der Waals surface area contributed by atoms with Gasteiger partial charge in [-0.25, -0.2) is 4.79 Å². The van der Waals surface area contributed by atoms with Crippen molar-refractivity contribution < 1.29 is 19.1 Å². The van der Waals surface area contributed by atoms with Crippen LogP contribution in [0.5, 0.6) is 5.75 Å². The number of benzene rings is 2. The summed E-state index contributed by atoms with van der Waals surface area (Å²) in [4.78, 5) is 24.8. The maximum Gasteiger partial charge on any atom is 0.347 e. The molecular formula is C25H33NO4. The standard InChI is InChI=1S/C25H33NO4/c1-15(2)21-9-8-10-22(16(3)4)23(21)26-24(27)19-11-13-20(14-12-19)30-18(7)25(28)29-17(5)6/h8-18H,1-7H3,(H,26,27)/t18-/m1/s1. The third-order valence-electron chi connectivity index (χ3n) is 4.72. The first kappa shape index (κ1) is 23.5. The molecule has 2 rings (SSSR count). The lowest BCUT2D eigenvalue weighted by atomic mass is 9.92.